The van der Waals surface area contributed by atoms with Crippen LogP contribution >= 0.6 is 0 Å². The highest BCUT2D eigenvalue weighted by atomic mass is 19.3. The summed E-state index contributed by atoms with van der Waals surface area (Å²) in [4.78, 5) is 26.8. The van der Waals surface area contributed by atoms with Crippen molar-refractivity contribution in [3.05, 3.63) is 58.8 Å². The Bertz CT molecular complexity index is 1140. The van der Waals surface area contributed by atoms with Crippen LogP contribution in [0.4, 0.5) is 8.78 Å². The topological polar surface area (TPSA) is 85.5 Å². The Kier molecular flexibility index (Phi) is 5.15. The largest absolute Gasteiger partial charge is 0.480 e. The van der Waals surface area contributed by atoms with Gasteiger partial charge in [0, 0.05) is 25.2 Å². The van der Waals surface area contributed by atoms with E-state index in [-0.39, 0.29) is 29.2 Å². The molecule has 0 aliphatic carbocycles. The standard InChI is InChI=1S/C20H20F2N6O2/c1-11-6-13(18(30-3)23-8-11)19(29)27-5-4-12(2)14(9-27)16-7-15(17(21)22)26-20-24-10-25-28(16)20/h4,6-8,10,14,17H,5,9H2,1-3H3/t14-/m1/s1. The molecule has 1 amide bonds. The quantitative estimate of drug-likeness (QED) is 0.610. The van der Waals surface area contributed by atoms with E-state index in [2.05, 4.69) is 20.1 Å². The molecule has 0 fully saturated rings. The first-order valence-corrected chi connectivity index (χ1v) is 9.34. The van der Waals surface area contributed by atoms with Gasteiger partial charge in [-0.1, -0.05) is 11.6 Å². The Morgan fingerprint density at radius 2 is 2.07 bits per heavy atom. The highest BCUT2D eigenvalue weighted by molar-refractivity contribution is 5.96. The molecular weight excluding hydrogens is 394 g/mol. The molecule has 1 atom stereocenters. The van der Waals surface area contributed by atoms with Gasteiger partial charge in [0.15, 0.2) is 0 Å². The van der Waals surface area contributed by atoms with Crippen LogP contribution in [0.5, 0.6) is 5.88 Å². The highest BCUT2D eigenvalue weighted by Gasteiger charge is 2.30. The molecule has 4 heterocycles. The zero-order chi connectivity index (χ0) is 21.4. The van der Waals surface area contributed by atoms with Crippen molar-refractivity contribution in [1.82, 2.24) is 29.5 Å². The molecule has 0 aromatic carbocycles. The number of nitrogens with zero attached hydrogens (tertiary/aromatic N) is 6. The van der Waals surface area contributed by atoms with Crippen LogP contribution in [0.2, 0.25) is 0 Å². The van der Waals surface area contributed by atoms with Gasteiger partial charge in [-0.25, -0.2) is 23.3 Å². The fourth-order valence-electron chi connectivity index (χ4n) is 3.59. The van der Waals surface area contributed by atoms with Gasteiger partial charge in [-0.3, -0.25) is 4.79 Å². The molecule has 0 unspecified atom stereocenters. The first-order valence-electron chi connectivity index (χ1n) is 9.34. The molecule has 1 aliphatic heterocycles. The van der Waals surface area contributed by atoms with Crippen molar-refractivity contribution < 1.29 is 18.3 Å². The molecule has 0 radical (unpaired) electrons. The lowest BCUT2D eigenvalue weighted by atomic mass is 9.91. The van der Waals surface area contributed by atoms with E-state index in [0.717, 1.165) is 11.1 Å². The van der Waals surface area contributed by atoms with Gasteiger partial charge >= 0.3 is 0 Å². The van der Waals surface area contributed by atoms with E-state index >= 15 is 0 Å². The second-order valence-corrected chi connectivity index (χ2v) is 7.16. The van der Waals surface area contributed by atoms with E-state index in [1.165, 1.54) is 24.0 Å². The summed E-state index contributed by atoms with van der Waals surface area (Å²) in [5, 5.41) is 4.13. The van der Waals surface area contributed by atoms with E-state index in [9.17, 15) is 13.6 Å². The van der Waals surface area contributed by atoms with Gasteiger partial charge in [0.05, 0.1) is 12.8 Å². The van der Waals surface area contributed by atoms with Gasteiger partial charge in [-0.15, -0.1) is 0 Å². The van der Waals surface area contributed by atoms with Gasteiger partial charge in [0.1, 0.15) is 17.6 Å². The maximum atomic E-state index is 13.4. The number of rotatable bonds is 4. The number of halogens is 2. The van der Waals surface area contributed by atoms with Crippen LogP contribution in [0.1, 0.15) is 46.6 Å². The maximum Gasteiger partial charge on any atom is 0.280 e. The molecule has 3 aromatic rings. The Balaban J connectivity index is 1.72. The van der Waals surface area contributed by atoms with Crippen LogP contribution in [0, 0.1) is 6.92 Å². The second-order valence-electron chi connectivity index (χ2n) is 7.16. The molecule has 4 rings (SSSR count). The molecule has 8 nitrogen and oxygen atoms in total. The zero-order valence-electron chi connectivity index (χ0n) is 16.7. The second kappa shape index (κ2) is 7.77. The van der Waals surface area contributed by atoms with Crippen molar-refractivity contribution in [1.29, 1.82) is 0 Å². The predicted octanol–water partition coefficient (Wildman–Crippen LogP) is 2.96. The Hall–Kier alpha value is -3.43. The number of carbonyl (C=O) groups is 1. The smallest absolute Gasteiger partial charge is 0.280 e. The van der Waals surface area contributed by atoms with Crippen LogP contribution in [0.15, 0.2) is 36.3 Å². The summed E-state index contributed by atoms with van der Waals surface area (Å²) in [7, 11) is 1.46. The van der Waals surface area contributed by atoms with E-state index in [1.54, 1.807) is 17.2 Å². The average molecular weight is 414 g/mol. The van der Waals surface area contributed by atoms with Gasteiger partial charge in [-0.2, -0.15) is 10.1 Å². The van der Waals surface area contributed by atoms with Crippen molar-refractivity contribution >= 4 is 11.7 Å². The van der Waals surface area contributed by atoms with Crippen molar-refractivity contribution in [2.24, 2.45) is 0 Å². The SMILES string of the molecule is COc1ncc(C)cc1C(=O)N1CC=C(C)[C@H](c2cc(C(F)F)nc3ncnn23)C1. The predicted molar refractivity (Wildman–Crippen MR) is 104 cm³/mol. The van der Waals surface area contributed by atoms with E-state index < -0.39 is 6.43 Å². The third-order valence-corrected chi connectivity index (χ3v) is 5.16. The van der Waals surface area contributed by atoms with Gasteiger partial charge in [0.25, 0.3) is 18.1 Å². The molecule has 3 aromatic heterocycles. The van der Waals surface area contributed by atoms with Crippen LogP contribution in [-0.4, -0.2) is 55.6 Å². The number of aromatic nitrogens is 5. The van der Waals surface area contributed by atoms with Crippen molar-refractivity contribution in [2.75, 3.05) is 20.2 Å². The fourth-order valence-corrected chi connectivity index (χ4v) is 3.59. The lowest BCUT2D eigenvalue weighted by Gasteiger charge is -2.32. The summed E-state index contributed by atoms with van der Waals surface area (Å²) in [5.41, 5.74) is 2.29. The fraction of sp³-hybridized carbons (Fsp3) is 0.350. The normalized spacial score (nSPS) is 16.8. The summed E-state index contributed by atoms with van der Waals surface area (Å²) in [5.74, 6) is -0.231. The molecule has 0 N–H and O–H groups in total. The number of amides is 1. The Morgan fingerprint density at radius 3 is 2.80 bits per heavy atom. The molecule has 10 heteroatoms. The van der Waals surface area contributed by atoms with E-state index in [0.29, 0.717) is 24.3 Å². The first kappa shape index (κ1) is 19.9. The third kappa shape index (κ3) is 3.49. The van der Waals surface area contributed by atoms with E-state index in [4.69, 9.17) is 4.74 Å². The van der Waals surface area contributed by atoms with Crippen LogP contribution < -0.4 is 4.74 Å². The highest BCUT2D eigenvalue weighted by Crippen LogP contribution is 2.32. The zero-order valence-corrected chi connectivity index (χ0v) is 16.7. The summed E-state index contributed by atoms with van der Waals surface area (Å²) in [6.07, 6.45) is 2.07. The van der Waals surface area contributed by atoms with Crippen LogP contribution in [-0.2, 0) is 0 Å². The summed E-state index contributed by atoms with van der Waals surface area (Å²) in [6.45, 7) is 4.44. The summed E-state index contributed by atoms with van der Waals surface area (Å²) >= 11 is 0. The Labute approximate surface area is 171 Å². The van der Waals surface area contributed by atoms with Gasteiger partial charge < -0.3 is 9.64 Å². The minimum atomic E-state index is -2.74. The molecule has 0 saturated carbocycles. The minimum Gasteiger partial charge on any atom is -0.480 e. The number of methoxy groups -OCH3 is 1. The van der Waals surface area contributed by atoms with Crippen LogP contribution in [0.3, 0.4) is 0 Å². The molecule has 1 aliphatic rings. The molecular formula is C20H20F2N6O2. The number of aryl methyl sites for hydroxylation is 1. The molecule has 0 bridgehead atoms. The molecule has 30 heavy (non-hydrogen) atoms. The minimum absolute atomic E-state index is 0.101. The molecule has 0 saturated heterocycles. The van der Waals surface area contributed by atoms with Crippen molar-refractivity contribution in [3.8, 4) is 5.88 Å². The van der Waals surface area contributed by atoms with Gasteiger partial charge in [0.2, 0.25) is 5.88 Å². The Morgan fingerprint density at radius 1 is 1.27 bits per heavy atom. The number of hydrogen-bond donors (Lipinski definition) is 0. The van der Waals surface area contributed by atoms with Crippen molar-refractivity contribution in [3.63, 3.8) is 0 Å². The number of alkyl halides is 2. The van der Waals surface area contributed by atoms with E-state index in [1.807, 2.05) is 19.9 Å². The van der Waals surface area contributed by atoms with Crippen molar-refractivity contribution in [2.45, 2.75) is 26.2 Å². The number of hydrogen-bond acceptors (Lipinski definition) is 6. The third-order valence-electron chi connectivity index (χ3n) is 5.16. The van der Waals surface area contributed by atoms with Gasteiger partial charge in [-0.05, 0) is 31.5 Å². The number of carbonyl (C=O) groups excluding carboxylic acids is 1. The molecule has 0 spiro atoms. The van der Waals surface area contributed by atoms with Crippen LogP contribution in [0.25, 0.3) is 5.78 Å². The summed E-state index contributed by atoms with van der Waals surface area (Å²) < 4.78 is 33.4. The number of ether oxygens (including phenoxy) is 1. The molecule has 156 valence electrons. The average Bonchev–Trinajstić information content (AvgIpc) is 3.21. The summed E-state index contributed by atoms with van der Waals surface area (Å²) in [6, 6.07) is 3.06. The number of fused-ring (bicyclic) bond motifs is 1. The lowest BCUT2D eigenvalue weighted by Crippen LogP contribution is -2.39. The maximum absolute atomic E-state index is 13.4. The lowest BCUT2D eigenvalue weighted by molar-refractivity contribution is 0.0755. The monoisotopic (exact) mass is 414 g/mol. The number of pyridine rings is 1. The first-order chi connectivity index (χ1) is 14.4.